The Morgan fingerprint density at radius 2 is 1.69 bits per heavy atom. The van der Waals surface area contributed by atoms with E-state index in [4.69, 9.17) is 23.7 Å². The minimum Gasteiger partial charge on any atom is -0.463 e. The molecule has 0 aromatic heterocycles. The molecule has 0 radical (unpaired) electrons. The van der Waals surface area contributed by atoms with Crippen molar-refractivity contribution in [3.8, 4) is 0 Å². The fourth-order valence-corrected chi connectivity index (χ4v) is 10.1. The summed E-state index contributed by atoms with van der Waals surface area (Å²) >= 11 is 0. The Bertz CT molecular complexity index is 1400. The molecule has 3 fully saturated rings. The van der Waals surface area contributed by atoms with E-state index in [0.29, 0.717) is 51.5 Å². The van der Waals surface area contributed by atoms with Crippen molar-refractivity contribution in [1.82, 2.24) is 14.7 Å². The molecule has 2 saturated heterocycles. The molecule has 1 aromatic carbocycles. The van der Waals surface area contributed by atoms with E-state index in [0.717, 1.165) is 31.4 Å². The Kier molecular flexibility index (Phi) is 19.8. The number of carbonyl (C=O) groups excluding carboxylic acids is 2. The summed E-state index contributed by atoms with van der Waals surface area (Å²) < 4.78 is 33.3. The number of ether oxygens (including phenoxy) is 5. The molecular formula is C48H83N3O8. The van der Waals surface area contributed by atoms with Crippen LogP contribution in [0.5, 0.6) is 0 Å². The highest BCUT2D eigenvalue weighted by atomic mass is 16.7. The molecule has 0 amide bonds. The minimum absolute atomic E-state index is 0.0797. The maximum atomic E-state index is 15.4. The van der Waals surface area contributed by atoms with Crippen LogP contribution in [0.15, 0.2) is 30.3 Å². The number of nitrogens with zero attached hydrogens (tertiary/aromatic N) is 3. The molecule has 1 unspecified atom stereocenters. The lowest BCUT2D eigenvalue weighted by Crippen LogP contribution is -2.60. The molecule has 0 spiro atoms. The molecule has 338 valence electrons. The minimum atomic E-state index is -1.48. The first kappa shape index (κ1) is 49.7. The third-order valence-electron chi connectivity index (χ3n) is 13.6. The number of hydrogen-bond donors (Lipinski definition) is 1. The zero-order valence-corrected chi connectivity index (χ0v) is 38.8. The number of cyclic esters (lactones) is 1. The Balaban J connectivity index is 1.77. The normalized spacial score (nSPS) is 34.3. The summed E-state index contributed by atoms with van der Waals surface area (Å²) in [5.41, 5.74) is -1.36. The van der Waals surface area contributed by atoms with Crippen LogP contribution in [0, 0.1) is 23.2 Å². The first-order valence-electron chi connectivity index (χ1n) is 23.1. The Morgan fingerprint density at radius 1 is 1.00 bits per heavy atom. The molecule has 2 heterocycles. The summed E-state index contributed by atoms with van der Waals surface area (Å²) in [6.45, 7) is 17.3. The van der Waals surface area contributed by atoms with E-state index in [9.17, 15) is 9.90 Å². The van der Waals surface area contributed by atoms with Crippen LogP contribution in [0.2, 0.25) is 0 Å². The number of carbonyl (C=O) groups is 2. The van der Waals surface area contributed by atoms with Gasteiger partial charge >= 0.3 is 5.97 Å². The van der Waals surface area contributed by atoms with Gasteiger partial charge in [0.1, 0.15) is 18.1 Å². The van der Waals surface area contributed by atoms with Gasteiger partial charge in [-0.05, 0) is 118 Å². The third-order valence-corrected chi connectivity index (χ3v) is 13.6. The summed E-state index contributed by atoms with van der Waals surface area (Å²) in [7, 11) is 8.10. The molecule has 1 aliphatic carbocycles. The number of benzene rings is 1. The number of esters is 1. The van der Waals surface area contributed by atoms with Crippen LogP contribution in [-0.2, 0) is 39.9 Å². The quantitative estimate of drug-likeness (QED) is 0.126. The van der Waals surface area contributed by atoms with E-state index in [1.54, 1.807) is 6.92 Å². The molecule has 3 aliphatic rings. The van der Waals surface area contributed by atoms with Gasteiger partial charge < -0.3 is 38.6 Å². The van der Waals surface area contributed by atoms with Crippen molar-refractivity contribution in [2.75, 3.05) is 61.0 Å². The molecule has 1 aromatic rings. The average Bonchev–Trinajstić information content (AvgIpc) is 3.21. The number of aliphatic hydroxyl groups is 1. The standard InChI is InChI=1S/C48H83N3O8/c1-12-20-41(55-32-38-23-18-15-19-24-38)40-33-56-46(54)47(6,25-26-50(10)31-37-21-16-14-17-22-37)43(53)36(5)44(48(7,57-27-13-2)29-34(3)30-51(40)11)59-45-42(52)39(49(8)9)28-35(4)58-45/h15,18-19,23-24,34-37,39-42,44-45,52H,12-14,16-17,20-22,25-33H2,1-11H3/t34-,35-,36+,39+,40?,41-,42-,44-,45+,47-,48-/m1/s1. The van der Waals surface area contributed by atoms with Gasteiger partial charge in [0.2, 0.25) is 0 Å². The van der Waals surface area contributed by atoms with Crippen LogP contribution >= 0.6 is 0 Å². The van der Waals surface area contributed by atoms with Crippen molar-refractivity contribution in [1.29, 1.82) is 0 Å². The van der Waals surface area contributed by atoms with Crippen LogP contribution < -0.4 is 0 Å². The molecule has 2 aliphatic heterocycles. The van der Waals surface area contributed by atoms with Gasteiger partial charge in [0.05, 0.1) is 36.6 Å². The summed E-state index contributed by atoms with van der Waals surface area (Å²) in [5, 5.41) is 11.7. The fourth-order valence-electron chi connectivity index (χ4n) is 10.1. The number of aliphatic hydroxyl groups excluding tert-OH is 1. The van der Waals surface area contributed by atoms with Gasteiger partial charge in [-0.15, -0.1) is 0 Å². The van der Waals surface area contributed by atoms with Crippen LogP contribution in [0.3, 0.4) is 0 Å². The second kappa shape index (κ2) is 23.5. The van der Waals surface area contributed by atoms with Crippen molar-refractivity contribution in [2.24, 2.45) is 23.2 Å². The van der Waals surface area contributed by atoms with Gasteiger partial charge in [-0.25, -0.2) is 0 Å². The van der Waals surface area contributed by atoms with E-state index < -0.39 is 41.4 Å². The fraction of sp³-hybridized carbons (Fsp3) is 0.833. The first-order valence-corrected chi connectivity index (χ1v) is 23.1. The molecule has 11 heteroatoms. The largest absolute Gasteiger partial charge is 0.463 e. The summed E-state index contributed by atoms with van der Waals surface area (Å²) in [4.78, 5) is 36.9. The Morgan fingerprint density at radius 3 is 2.34 bits per heavy atom. The van der Waals surface area contributed by atoms with Crippen LogP contribution in [0.1, 0.15) is 125 Å². The lowest BCUT2D eigenvalue weighted by molar-refractivity contribution is -0.298. The number of Topliss-reactive ketones (excluding diaryl/α,β-unsaturated/α-hetero) is 1. The molecule has 11 nitrogen and oxygen atoms in total. The molecule has 1 saturated carbocycles. The highest BCUT2D eigenvalue weighted by Crippen LogP contribution is 2.40. The van der Waals surface area contributed by atoms with Gasteiger partial charge in [0.25, 0.3) is 0 Å². The monoisotopic (exact) mass is 830 g/mol. The number of rotatable bonds is 17. The van der Waals surface area contributed by atoms with Crippen LogP contribution in [0.25, 0.3) is 0 Å². The SMILES string of the molecule is CCCO[C@]1(C)C[C@@H](C)CN(C)C([C@@H](CCC)OCc2ccccc2)COC(=O)[C@](C)(CCN(C)CC2CCCCC2)C(=O)[C@H](C)[C@H]1O[C@@H]1O[C@H](C)C[C@H](N(C)C)[C@H]1O. The van der Waals surface area contributed by atoms with Crippen molar-refractivity contribution in [3.63, 3.8) is 0 Å². The highest BCUT2D eigenvalue weighted by molar-refractivity contribution is 6.04. The first-order chi connectivity index (χ1) is 28.0. The van der Waals surface area contributed by atoms with E-state index in [2.05, 4.69) is 56.8 Å². The molecule has 4 rings (SSSR count). The van der Waals surface area contributed by atoms with Gasteiger partial charge in [0, 0.05) is 31.7 Å². The van der Waals surface area contributed by atoms with E-state index in [-0.39, 0.29) is 42.6 Å². The van der Waals surface area contributed by atoms with Gasteiger partial charge in [-0.2, -0.15) is 0 Å². The summed E-state index contributed by atoms with van der Waals surface area (Å²) in [6.07, 6.45) is 7.05. The zero-order chi connectivity index (χ0) is 43.3. The second-order valence-corrected chi connectivity index (χ2v) is 19.3. The van der Waals surface area contributed by atoms with E-state index in [1.165, 1.54) is 32.1 Å². The zero-order valence-electron chi connectivity index (χ0n) is 38.8. The smallest absolute Gasteiger partial charge is 0.319 e. The Hall–Kier alpha value is -1.96. The van der Waals surface area contributed by atoms with Crippen molar-refractivity contribution in [2.45, 2.75) is 174 Å². The Labute approximate surface area is 358 Å². The van der Waals surface area contributed by atoms with Gasteiger partial charge in [-0.3, -0.25) is 14.5 Å². The van der Waals surface area contributed by atoms with Gasteiger partial charge in [0.15, 0.2) is 12.1 Å². The summed E-state index contributed by atoms with van der Waals surface area (Å²) in [6, 6.07) is 9.73. The predicted molar refractivity (Wildman–Crippen MR) is 234 cm³/mol. The number of ketones is 1. The van der Waals surface area contributed by atoms with Crippen LogP contribution in [-0.4, -0.2) is 141 Å². The molecule has 1 N–H and O–H groups in total. The predicted octanol–water partition coefficient (Wildman–Crippen LogP) is 7.37. The van der Waals surface area contributed by atoms with Gasteiger partial charge in [-0.1, -0.05) is 83.7 Å². The second-order valence-electron chi connectivity index (χ2n) is 19.3. The van der Waals surface area contributed by atoms with Crippen LogP contribution in [0.4, 0.5) is 0 Å². The molecule has 59 heavy (non-hydrogen) atoms. The average molecular weight is 830 g/mol. The maximum absolute atomic E-state index is 15.4. The topological polar surface area (TPSA) is 110 Å². The lowest BCUT2D eigenvalue weighted by atomic mass is 9.71. The van der Waals surface area contributed by atoms with Crippen molar-refractivity contribution < 1.29 is 38.4 Å². The highest BCUT2D eigenvalue weighted by Gasteiger charge is 2.53. The maximum Gasteiger partial charge on any atom is 0.319 e. The molecule has 11 atom stereocenters. The van der Waals surface area contributed by atoms with Crippen molar-refractivity contribution in [3.05, 3.63) is 35.9 Å². The third kappa shape index (κ3) is 13.8. The molecular weight excluding hydrogens is 747 g/mol. The van der Waals surface area contributed by atoms with E-state index >= 15 is 4.79 Å². The number of likely N-dealkylation sites (N-methyl/N-ethyl adjacent to an activating group) is 2. The summed E-state index contributed by atoms with van der Waals surface area (Å²) in [5.74, 6) is -0.856. The van der Waals surface area contributed by atoms with E-state index in [1.807, 2.05) is 58.0 Å². The number of hydrogen-bond acceptors (Lipinski definition) is 11. The molecule has 0 bridgehead atoms. The lowest BCUT2D eigenvalue weighted by Gasteiger charge is -2.47. The van der Waals surface area contributed by atoms with Crippen molar-refractivity contribution >= 4 is 11.8 Å².